The highest BCUT2D eigenvalue weighted by Crippen LogP contribution is 2.23. The molecular weight excluding hydrogens is 240 g/mol. The predicted molar refractivity (Wildman–Crippen MR) is 53.8 cm³/mol. The van der Waals surface area contributed by atoms with Gasteiger partial charge in [0.1, 0.15) is 16.5 Å². The van der Waals surface area contributed by atoms with Gasteiger partial charge in [-0.05, 0) is 6.07 Å². The summed E-state index contributed by atoms with van der Waals surface area (Å²) >= 11 is 0. The Morgan fingerprint density at radius 2 is 1.94 bits per heavy atom. The van der Waals surface area contributed by atoms with Crippen molar-refractivity contribution in [1.82, 2.24) is 0 Å². The maximum absolute atomic E-state index is 13.2. The number of rotatable bonds is 4. The summed E-state index contributed by atoms with van der Waals surface area (Å²) in [4.78, 5) is 9.50. The van der Waals surface area contributed by atoms with Gasteiger partial charge in [-0.2, -0.15) is 0 Å². The van der Waals surface area contributed by atoms with E-state index in [-0.39, 0.29) is 17.9 Å². The molecule has 1 aromatic carbocycles. The molecule has 0 spiro atoms. The predicted octanol–water partition coefficient (Wildman–Crippen LogP) is 1.33. The topological polar surface area (TPSA) is 63.2 Å². The van der Waals surface area contributed by atoms with Crippen LogP contribution in [0.15, 0.2) is 17.0 Å². The average Bonchev–Trinajstić information content (AvgIpc) is 2.22. The van der Waals surface area contributed by atoms with Gasteiger partial charge in [-0.1, -0.05) is 6.92 Å². The van der Waals surface area contributed by atoms with Crippen LogP contribution in [0.2, 0.25) is 0 Å². The minimum absolute atomic E-state index is 0.179. The second-order valence-electron chi connectivity index (χ2n) is 2.93. The molecule has 0 aromatic heterocycles. The van der Waals surface area contributed by atoms with E-state index in [1.165, 1.54) is 6.92 Å². The molecule has 7 heteroatoms. The zero-order valence-corrected chi connectivity index (χ0v) is 9.14. The van der Waals surface area contributed by atoms with Gasteiger partial charge in [0.05, 0.1) is 11.4 Å². The van der Waals surface area contributed by atoms with Crippen LogP contribution >= 0.6 is 0 Å². The smallest absolute Gasteiger partial charge is 0.211 e. The Hall–Kier alpha value is -1.50. The van der Waals surface area contributed by atoms with Crippen LogP contribution in [0, 0.1) is 11.6 Å². The number of hydrogen-bond acceptors (Lipinski definition) is 3. The number of halogens is 2. The van der Waals surface area contributed by atoms with Crippen molar-refractivity contribution in [3.8, 4) is 0 Å². The number of anilines is 1. The molecule has 16 heavy (non-hydrogen) atoms. The molecule has 0 aliphatic rings. The lowest BCUT2D eigenvalue weighted by Gasteiger charge is -2.07. The number of benzene rings is 1. The molecule has 4 nitrogen and oxygen atoms in total. The van der Waals surface area contributed by atoms with Gasteiger partial charge >= 0.3 is 0 Å². The highest BCUT2D eigenvalue weighted by atomic mass is 32.2. The molecule has 0 saturated carbocycles. The molecular formula is C9H9F2NO3S. The van der Waals surface area contributed by atoms with Crippen LogP contribution in [0.4, 0.5) is 14.5 Å². The van der Waals surface area contributed by atoms with Crippen molar-refractivity contribution in [3.63, 3.8) is 0 Å². The van der Waals surface area contributed by atoms with Gasteiger partial charge in [0, 0.05) is 6.07 Å². The van der Waals surface area contributed by atoms with Gasteiger partial charge in [-0.15, -0.1) is 0 Å². The Morgan fingerprint density at radius 1 is 1.31 bits per heavy atom. The quantitative estimate of drug-likeness (QED) is 0.646. The summed E-state index contributed by atoms with van der Waals surface area (Å²) in [5, 5.41) is 1.95. The standard InChI is InChI=1S/C9H9F2NO3S/c1-2-16(14,15)9-4-8(12-5-13)6(10)3-7(9)11/h3-5H,2H2,1H3,(H,12,13). The lowest BCUT2D eigenvalue weighted by molar-refractivity contribution is -0.105. The molecule has 1 rings (SSSR count). The van der Waals surface area contributed by atoms with Gasteiger partial charge in [0.2, 0.25) is 6.41 Å². The summed E-state index contributed by atoms with van der Waals surface area (Å²) in [6, 6.07) is 1.19. The van der Waals surface area contributed by atoms with E-state index in [4.69, 9.17) is 0 Å². The number of sulfone groups is 1. The van der Waals surface area contributed by atoms with E-state index in [1.54, 1.807) is 0 Å². The molecule has 0 aliphatic heterocycles. The third-order valence-corrected chi connectivity index (χ3v) is 3.69. The highest BCUT2D eigenvalue weighted by molar-refractivity contribution is 7.91. The lowest BCUT2D eigenvalue weighted by Crippen LogP contribution is -2.08. The van der Waals surface area contributed by atoms with Crippen LogP contribution in [0.1, 0.15) is 6.92 Å². The highest BCUT2D eigenvalue weighted by Gasteiger charge is 2.20. The second-order valence-corrected chi connectivity index (χ2v) is 5.17. The lowest BCUT2D eigenvalue weighted by atomic mass is 10.3. The van der Waals surface area contributed by atoms with Crippen LogP contribution in [0.5, 0.6) is 0 Å². The fourth-order valence-electron chi connectivity index (χ4n) is 1.10. The first-order chi connectivity index (χ1) is 7.42. The summed E-state index contributed by atoms with van der Waals surface area (Å²) in [6.07, 6.45) is 0.179. The average molecular weight is 249 g/mol. The van der Waals surface area contributed by atoms with Crippen LogP contribution in [0.3, 0.4) is 0 Å². The molecule has 88 valence electrons. The van der Waals surface area contributed by atoms with Gasteiger partial charge < -0.3 is 5.32 Å². The minimum atomic E-state index is -3.78. The second kappa shape index (κ2) is 4.56. The third-order valence-electron chi connectivity index (χ3n) is 1.95. The molecule has 0 heterocycles. The largest absolute Gasteiger partial charge is 0.326 e. The maximum atomic E-state index is 13.2. The maximum Gasteiger partial charge on any atom is 0.211 e. The summed E-state index contributed by atoms with van der Waals surface area (Å²) < 4.78 is 49.1. The Balaban J connectivity index is 3.41. The Kier molecular flexibility index (Phi) is 3.58. The summed E-state index contributed by atoms with van der Waals surface area (Å²) in [5.74, 6) is -2.51. The van der Waals surface area contributed by atoms with Crippen molar-refractivity contribution in [3.05, 3.63) is 23.8 Å². The van der Waals surface area contributed by atoms with Crippen molar-refractivity contribution < 1.29 is 22.0 Å². The number of amides is 1. The first-order valence-electron chi connectivity index (χ1n) is 4.34. The van der Waals surface area contributed by atoms with E-state index in [0.29, 0.717) is 6.07 Å². The molecule has 0 atom stereocenters. The summed E-state index contributed by atoms with van der Waals surface area (Å²) in [7, 11) is -3.78. The van der Waals surface area contributed by atoms with Crippen molar-refractivity contribution in [2.24, 2.45) is 0 Å². The molecule has 1 amide bonds. The Bertz CT molecular complexity index is 514. The number of nitrogens with one attached hydrogen (secondary N) is 1. The SMILES string of the molecule is CCS(=O)(=O)c1cc(NC=O)c(F)cc1F. The minimum Gasteiger partial charge on any atom is -0.326 e. The summed E-state index contributed by atoms with van der Waals surface area (Å²) in [6.45, 7) is 1.34. The fourth-order valence-corrected chi connectivity index (χ4v) is 2.06. The van der Waals surface area contributed by atoms with Crippen molar-refractivity contribution in [1.29, 1.82) is 0 Å². The van der Waals surface area contributed by atoms with Gasteiger partial charge in [0.25, 0.3) is 0 Å². The van der Waals surface area contributed by atoms with E-state index in [0.717, 1.165) is 6.07 Å². The van der Waals surface area contributed by atoms with E-state index in [2.05, 4.69) is 0 Å². The van der Waals surface area contributed by atoms with Crippen LogP contribution in [0.25, 0.3) is 0 Å². The molecule has 1 N–H and O–H groups in total. The summed E-state index contributed by atoms with van der Waals surface area (Å²) in [5.41, 5.74) is -0.372. The normalized spacial score (nSPS) is 11.2. The van der Waals surface area contributed by atoms with Gasteiger partial charge in [0.15, 0.2) is 9.84 Å². The van der Waals surface area contributed by atoms with Crippen LogP contribution in [-0.4, -0.2) is 20.6 Å². The number of carbonyl (C=O) groups excluding carboxylic acids is 1. The molecule has 0 fully saturated rings. The molecule has 0 bridgehead atoms. The Morgan fingerprint density at radius 3 is 2.44 bits per heavy atom. The monoisotopic (exact) mass is 249 g/mol. The van der Waals surface area contributed by atoms with Gasteiger partial charge in [-0.25, -0.2) is 17.2 Å². The molecule has 0 unspecified atom stereocenters. The van der Waals surface area contributed by atoms with E-state index in [1.807, 2.05) is 5.32 Å². The zero-order chi connectivity index (χ0) is 12.3. The van der Waals surface area contributed by atoms with Crippen molar-refractivity contribution in [2.75, 3.05) is 11.1 Å². The van der Waals surface area contributed by atoms with Crippen molar-refractivity contribution >= 4 is 21.9 Å². The van der Waals surface area contributed by atoms with Crippen molar-refractivity contribution in [2.45, 2.75) is 11.8 Å². The number of hydrogen-bond donors (Lipinski definition) is 1. The first-order valence-corrected chi connectivity index (χ1v) is 5.99. The third kappa shape index (κ3) is 2.35. The molecule has 1 aromatic rings. The first kappa shape index (κ1) is 12.6. The zero-order valence-electron chi connectivity index (χ0n) is 8.33. The molecule has 0 aliphatic carbocycles. The van der Waals surface area contributed by atoms with E-state index in [9.17, 15) is 22.0 Å². The van der Waals surface area contributed by atoms with Crippen LogP contribution in [-0.2, 0) is 14.6 Å². The Labute approximate surface area is 91.2 Å². The van der Waals surface area contributed by atoms with E-state index >= 15 is 0 Å². The van der Waals surface area contributed by atoms with Crippen LogP contribution < -0.4 is 5.32 Å². The molecule has 0 saturated heterocycles. The van der Waals surface area contributed by atoms with E-state index < -0.39 is 26.4 Å². The molecule has 0 radical (unpaired) electrons. The fraction of sp³-hybridized carbons (Fsp3) is 0.222. The van der Waals surface area contributed by atoms with Gasteiger partial charge in [-0.3, -0.25) is 4.79 Å². The number of carbonyl (C=O) groups is 1.